The number of benzene rings is 2. The molecule has 0 unspecified atom stereocenters. The van der Waals surface area contributed by atoms with E-state index in [1.807, 2.05) is 42.5 Å². The lowest BCUT2D eigenvalue weighted by Gasteiger charge is -2.07. The van der Waals surface area contributed by atoms with Gasteiger partial charge in [0.25, 0.3) is 0 Å². The molecule has 2 nitrogen and oxygen atoms in total. The summed E-state index contributed by atoms with van der Waals surface area (Å²) in [5.41, 5.74) is 0.733. The zero-order valence-electron chi connectivity index (χ0n) is 8.74. The van der Waals surface area contributed by atoms with Crippen LogP contribution in [0.4, 0.5) is 10.1 Å². The van der Waals surface area contributed by atoms with Gasteiger partial charge in [0, 0.05) is 11.1 Å². The second-order valence-electron chi connectivity index (χ2n) is 3.51. The third-order valence-corrected chi connectivity index (χ3v) is 2.39. The number of halogens is 1. The van der Waals surface area contributed by atoms with Gasteiger partial charge in [-0.3, -0.25) is 9.18 Å². The molecule has 0 aliphatic carbocycles. The number of rotatable bonds is 3. The highest BCUT2D eigenvalue weighted by molar-refractivity contribution is 6.02. The van der Waals surface area contributed by atoms with Crippen LogP contribution in [0.5, 0.6) is 0 Å². The maximum absolute atomic E-state index is 12.0. The molecule has 0 bridgehead atoms. The van der Waals surface area contributed by atoms with Crippen LogP contribution >= 0.6 is 0 Å². The minimum absolute atomic E-state index is 0.0940. The number of fused-ring (bicyclic) bond motifs is 1. The fourth-order valence-electron chi connectivity index (χ4n) is 1.63. The second-order valence-corrected chi connectivity index (χ2v) is 3.51. The van der Waals surface area contributed by atoms with Crippen LogP contribution in [0.25, 0.3) is 10.8 Å². The summed E-state index contributed by atoms with van der Waals surface area (Å²) in [6, 6.07) is 13.4. The molecule has 0 heterocycles. The van der Waals surface area contributed by atoms with E-state index in [0.717, 1.165) is 16.5 Å². The number of hydrogen-bond donors (Lipinski definition) is 1. The third kappa shape index (κ3) is 2.19. The van der Waals surface area contributed by atoms with E-state index in [9.17, 15) is 9.18 Å². The van der Waals surface area contributed by atoms with Crippen molar-refractivity contribution < 1.29 is 9.18 Å². The first-order valence-electron chi connectivity index (χ1n) is 5.15. The summed E-state index contributed by atoms with van der Waals surface area (Å²) in [7, 11) is 0. The van der Waals surface area contributed by atoms with E-state index in [4.69, 9.17) is 0 Å². The molecule has 2 aromatic rings. The molecule has 2 aromatic carbocycles. The maximum atomic E-state index is 12.0. The van der Waals surface area contributed by atoms with Crippen molar-refractivity contribution in [2.45, 2.75) is 6.42 Å². The summed E-state index contributed by atoms with van der Waals surface area (Å²) in [5.74, 6) is -0.293. The minimum atomic E-state index is -0.628. The van der Waals surface area contributed by atoms with Crippen LogP contribution in [0.15, 0.2) is 42.5 Å². The van der Waals surface area contributed by atoms with Gasteiger partial charge in [0.15, 0.2) is 0 Å². The Balaban J connectivity index is 2.33. The number of nitrogens with one attached hydrogen (secondary N) is 1. The van der Waals surface area contributed by atoms with Crippen LogP contribution in [-0.2, 0) is 4.79 Å². The number of carbonyl (C=O) groups is 1. The molecule has 0 spiro atoms. The molecule has 82 valence electrons. The van der Waals surface area contributed by atoms with E-state index >= 15 is 0 Å². The van der Waals surface area contributed by atoms with Gasteiger partial charge in [0.2, 0.25) is 5.91 Å². The Bertz CT molecular complexity index is 505. The standard InChI is InChI=1S/C13H12FNO/c14-9-8-13(16)15-12-7-3-5-10-4-1-2-6-11(10)12/h1-7H,8-9H2,(H,15,16). The lowest BCUT2D eigenvalue weighted by atomic mass is 10.1. The molecule has 0 radical (unpaired) electrons. The molecular weight excluding hydrogens is 205 g/mol. The van der Waals surface area contributed by atoms with Crippen molar-refractivity contribution >= 4 is 22.4 Å². The summed E-state index contributed by atoms with van der Waals surface area (Å²) >= 11 is 0. The zero-order valence-corrected chi connectivity index (χ0v) is 8.74. The van der Waals surface area contributed by atoms with E-state index in [0.29, 0.717) is 0 Å². The van der Waals surface area contributed by atoms with Crippen LogP contribution in [0, 0.1) is 0 Å². The van der Waals surface area contributed by atoms with Gasteiger partial charge in [-0.15, -0.1) is 0 Å². The van der Waals surface area contributed by atoms with Crippen LogP contribution in [0.1, 0.15) is 6.42 Å². The highest BCUT2D eigenvalue weighted by atomic mass is 19.1. The average molecular weight is 217 g/mol. The second kappa shape index (κ2) is 4.75. The summed E-state index contributed by atoms with van der Waals surface area (Å²) in [4.78, 5) is 11.3. The highest BCUT2D eigenvalue weighted by Crippen LogP contribution is 2.22. The van der Waals surface area contributed by atoms with Gasteiger partial charge in [0.05, 0.1) is 13.1 Å². The topological polar surface area (TPSA) is 29.1 Å². The van der Waals surface area contributed by atoms with E-state index in [1.54, 1.807) is 0 Å². The smallest absolute Gasteiger partial charge is 0.227 e. The SMILES string of the molecule is O=C(CCF)Nc1cccc2ccccc12. The van der Waals surface area contributed by atoms with E-state index in [-0.39, 0.29) is 12.3 Å². The van der Waals surface area contributed by atoms with Gasteiger partial charge in [-0.25, -0.2) is 0 Å². The molecule has 2 rings (SSSR count). The van der Waals surface area contributed by atoms with Crippen molar-refractivity contribution in [1.82, 2.24) is 0 Å². The Morgan fingerprint density at radius 3 is 2.69 bits per heavy atom. The molecule has 0 fully saturated rings. The van der Waals surface area contributed by atoms with Gasteiger partial charge in [0.1, 0.15) is 0 Å². The number of carbonyl (C=O) groups excluding carboxylic acids is 1. The fraction of sp³-hybridized carbons (Fsp3) is 0.154. The van der Waals surface area contributed by atoms with Gasteiger partial charge in [-0.05, 0) is 11.5 Å². The first kappa shape index (κ1) is 10.6. The lowest BCUT2D eigenvalue weighted by Crippen LogP contribution is -2.11. The van der Waals surface area contributed by atoms with E-state index < -0.39 is 6.67 Å². The predicted molar refractivity (Wildman–Crippen MR) is 63.2 cm³/mol. The molecular formula is C13H12FNO. The van der Waals surface area contributed by atoms with Crippen molar-refractivity contribution in [2.24, 2.45) is 0 Å². The summed E-state index contributed by atoms with van der Waals surface area (Å²) < 4.78 is 12.0. The Morgan fingerprint density at radius 1 is 1.12 bits per heavy atom. The normalized spacial score (nSPS) is 10.3. The number of anilines is 1. The Kier molecular flexibility index (Phi) is 3.15. The maximum Gasteiger partial charge on any atom is 0.227 e. The molecule has 1 N–H and O–H groups in total. The van der Waals surface area contributed by atoms with Gasteiger partial charge in [-0.1, -0.05) is 36.4 Å². The number of amides is 1. The van der Waals surface area contributed by atoms with Crippen LogP contribution < -0.4 is 5.32 Å². The molecule has 0 aromatic heterocycles. The first-order valence-corrected chi connectivity index (χ1v) is 5.15. The van der Waals surface area contributed by atoms with Crippen molar-refractivity contribution in [3.8, 4) is 0 Å². The quantitative estimate of drug-likeness (QED) is 0.840. The van der Waals surface area contributed by atoms with Crippen molar-refractivity contribution in [1.29, 1.82) is 0 Å². The van der Waals surface area contributed by atoms with E-state index in [1.165, 1.54) is 0 Å². The highest BCUT2D eigenvalue weighted by Gasteiger charge is 2.04. The minimum Gasteiger partial charge on any atom is -0.325 e. The molecule has 0 saturated carbocycles. The largest absolute Gasteiger partial charge is 0.325 e. The molecule has 3 heteroatoms. The summed E-state index contributed by atoms with van der Waals surface area (Å²) in [6.07, 6.45) is -0.0940. The van der Waals surface area contributed by atoms with Crippen LogP contribution in [0.2, 0.25) is 0 Å². The molecule has 0 atom stereocenters. The molecule has 16 heavy (non-hydrogen) atoms. The molecule has 0 saturated heterocycles. The van der Waals surface area contributed by atoms with E-state index in [2.05, 4.69) is 5.32 Å². The van der Waals surface area contributed by atoms with Gasteiger partial charge in [-0.2, -0.15) is 0 Å². The number of hydrogen-bond acceptors (Lipinski definition) is 1. The van der Waals surface area contributed by atoms with Gasteiger partial charge >= 0.3 is 0 Å². The number of alkyl halides is 1. The van der Waals surface area contributed by atoms with Crippen LogP contribution in [-0.4, -0.2) is 12.6 Å². The third-order valence-electron chi connectivity index (χ3n) is 2.39. The zero-order chi connectivity index (χ0) is 11.4. The monoisotopic (exact) mass is 217 g/mol. The average Bonchev–Trinajstić information content (AvgIpc) is 2.30. The van der Waals surface area contributed by atoms with Gasteiger partial charge < -0.3 is 5.32 Å². The predicted octanol–water partition coefficient (Wildman–Crippen LogP) is 3.14. The Hall–Kier alpha value is -1.90. The van der Waals surface area contributed by atoms with Crippen molar-refractivity contribution in [3.05, 3.63) is 42.5 Å². The van der Waals surface area contributed by atoms with Crippen LogP contribution in [0.3, 0.4) is 0 Å². The van der Waals surface area contributed by atoms with Crippen molar-refractivity contribution in [3.63, 3.8) is 0 Å². The first-order chi connectivity index (χ1) is 7.81. The Morgan fingerprint density at radius 2 is 1.88 bits per heavy atom. The molecule has 0 aliphatic heterocycles. The fourth-order valence-corrected chi connectivity index (χ4v) is 1.63. The summed E-state index contributed by atoms with van der Waals surface area (Å²) in [5, 5.41) is 4.73. The van der Waals surface area contributed by atoms with Crippen molar-refractivity contribution in [2.75, 3.05) is 12.0 Å². The Labute approximate surface area is 93.1 Å². The molecule has 1 amide bonds. The lowest BCUT2D eigenvalue weighted by molar-refractivity contribution is -0.116. The summed E-state index contributed by atoms with van der Waals surface area (Å²) in [6.45, 7) is -0.628. The molecule has 0 aliphatic rings.